The van der Waals surface area contributed by atoms with E-state index in [-0.39, 0.29) is 12.1 Å². The van der Waals surface area contributed by atoms with Crippen molar-refractivity contribution in [2.45, 2.75) is 13.5 Å². The molecule has 0 spiro atoms. The number of hydrogen-bond acceptors (Lipinski definition) is 3. The number of nitrogens with two attached hydrogens (primary N) is 1. The van der Waals surface area contributed by atoms with Crippen LogP contribution in [-0.2, 0) is 11.3 Å². The lowest BCUT2D eigenvalue weighted by Gasteiger charge is -2.19. The lowest BCUT2D eigenvalue weighted by molar-refractivity contribution is -0.141. The molecule has 0 bridgehead atoms. The molecule has 5 nitrogen and oxygen atoms in total. The highest BCUT2D eigenvalue weighted by atomic mass is 19.1. The molecule has 1 amide bonds. The zero-order valence-electron chi connectivity index (χ0n) is 10.9. The van der Waals surface area contributed by atoms with Gasteiger partial charge in [-0.3, -0.25) is 9.59 Å². The van der Waals surface area contributed by atoms with E-state index in [4.69, 9.17) is 10.8 Å². The maximum atomic E-state index is 13.7. The minimum absolute atomic E-state index is 0.114. The fourth-order valence-corrected chi connectivity index (χ4v) is 1.73. The van der Waals surface area contributed by atoms with Crippen molar-refractivity contribution in [3.05, 3.63) is 35.1 Å². The van der Waals surface area contributed by atoms with Crippen molar-refractivity contribution in [1.29, 1.82) is 0 Å². The zero-order chi connectivity index (χ0) is 14.6. The van der Waals surface area contributed by atoms with Gasteiger partial charge in [0.1, 0.15) is 5.82 Å². The van der Waals surface area contributed by atoms with Gasteiger partial charge >= 0.3 is 5.97 Å². The van der Waals surface area contributed by atoms with E-state index in [0.717, 1.165) is 6.07 Å². The van der Waals surface area contributed by atoms with Crippen LogP contribution in [0.2, 0.25) is 0 Å². The fraction of sp³-hybridized carbons (Fsp3) is 0.385. The first-order chi connectivity index (χ1) is 8.81. The van der Waals surface area contributed by atoms with Gasteiger partial charge in [-0.2, -0.15) is 0 Å². The van der Waals surface area contributed by atoms with Crippen LogP contribution in [0.5, 0.6) is 0 Å². The van der Waals surface area contributed by atoms with Crippen molar-refractivity contribution in [2.75, 3.05) is 13.6 Å². The SMILES string of the molecule is CC(CN(C)Cc1ccc(C(N)=O)cc1F)C(=O)O. The van der Waals surface area contributed by atoms with Crippen LogP contribution in [0.4, 0.5) is 4.39 Å². The van der Waals surface area contributed by atoms with E-state index in [1.165, 1.54) is 12.1 Å². The molecule has 104 valence electrons. The molecule has 1 rings (SSSR count). The van der Waals surface area contributed by atoms with E-state index in [0.29, 0.717) is 12.1 Å². The number of aliphatic carboxylic acids is 1. The molecule has 1 aromatic rings. The van der Waals surface area contributed by atoms with E-state index in [1.807, 2.05) is 0 Å². The minimum atomic E-state index is -0.892. The quantitative estimate of drug-likeness (QED) is 0.808. The van der Waals surface area contributed by atoms with Gasteiger partial charge in [-0.05, 0) is 19.2 Å². The molecule has 0 aliphatic carbocycles. The number of rotatable bonds is 6. The first-order valence-corrected chi connectivity index (χ1v) is 5.81. The molecule has 19 heavy (non-hydrogen) atoms. The van der Waals surface area contributed by atoms with Crippen molar-refractivity contribution in [3.8, 4) is 0 Å². The number of hydrogen-bond donors (Lipinski definition) is 2. The highest BCUT2D eigenvalue weighted by molar-refractivity contribution is 5.92. The molecule has 1 unspecified atom stereocenters. The van der Waals surface area contributed by atoms with Crippen LogP contribution in [0.3, 0.4) is 0 Å². The van der Waals surface area contributed by atoms with E-state index < -0.39 is 23.6 Å². The Labute approximate surface area is 110 Å². The normalized spacial score (nSPS) is 12.4. The van der Waals surface area contributed by atoms with Crippen molar-refractivity contribution < 1.29 is 19.1 Å². The third-order valence-electron chi connectivity index (χ3n) is 2.78. The Morgan fingerprint density at radius 2 is 2.11 bits per heavy atom. The van der Waals surface area contributed by atoms with Gasteiger partial charge in [0.25, 0.3) is 0 Å². The summed E-state index contributed by atoms with van der Waals surface area (Å²) in [6, 6.07) is 4.03. The largest absolute Gasteiger partial charge is 0.481 e. The molecule has 0 heterocycles. The molecule has 0 aliphatic heterocycles. The van der Waals surface area contributed by atoms with E-state index >= 15 is 0 Å². The van der Waals surface area contributed by atoms with Gasteiger partial charge in [-0.15, -0.1) is 0 Å². The number of nitrogens with zero attached hydrogens (tertiary/aromatic N) is 1. The minimum Gasteiger partial charge on any atom is -0.481 e. The fourth-order valence-electron chi connectivity index (χ4n) is 1.73. The number of benzene rings is 1. The van der Waals surface area contributed by atoms with Gasteiger partial charge in [-0.1, -0.05) is 13.0 Å². The third kappa shape index (κ3) is 4.33. The molecule has 0 aliphatic rings. The first kappa shape index (κ1) is 15.1. The molecule has 0 fully saturated rings. The van der Waals surface area contributed by atoms with Crippen LogP contribution in [0.15, 0.2) is 18.2 Å². The van der Waals surface area contributed by atoms with Crippen LogP contribution >= 0.6 is 0 Å². The molecule has 3 N–H and O–H groups in total. The monoisotopic (exact) mass is 268 g/mol. The average molecular weight is 268 g/mol. The van der Waals surface area contributed by atoms with Gasteiger partial charge in [-0.25, -0.2) is 4.39 Å². The molecular weight excluding hydrogens is 251 g/mol. The smallest absolute Gasteiger partial charge is 0.307 e. The van der Waals surface area contributed by atoms with Crippen molar-refractivity contribution >= 4 is 11.9 Å². The molecule has 1 atom stereocenters. The Hall–Kier alpha value is -1.95. The number of carbonyl (C=O) groups excluding carboxylic acids is 1. The van der Waals surface area contributed by atoms with Gasteiger partial charge in [0.15, 0.2) is 0 Å². The van der Waals surface area contributed by atoms with Gasteiger partial charge in [0.2, 0.25) is 5.91 Å². The van der Waals surface area contributed by atoms with Crippen LogP contribution in [0.25, 0.3) is 0 Å². The Bertz CT molecular complexity index is 491. The Kier molecular flexibility index (Phi) is 5.00. The second-order valence-corrected chi connectivity index (χ2v) is 4.61. The van der Waals surface area contributed by atoms with Crippen LogP contribution in [0, 0.1) is 11.7 Å². The lowest BCUT2D eigenvalue weighted by atomic mass is 10.1. The predicted octanol–water partition coefficient (Wildman–Crippen LogP) is 1.08. The summed E-state index contributed by atoms with van der Waals surface area (Å²) in [5, 5.41) is 8.80. The van der Waals surface area contributed by atoms with Crippen LogP contribution in [-0.4, -0.2) is 35.5 Å². The third-order valence-corrected chi connectivity index (χ3v) is 2.78. The molecule has 0 radical (unpaired) electrons. The summed E-state index contributed by atoms with van der Waals surface area (Å²) < 4.78 is 13.7. The summed E-state index contributed by atoms with van der Waals surface area (Å²) in [6.07, 6.45) is 0. The summed E-state index contributed by atoms with van der Waals surface area (Å²) in [7, 11) is 1.71. The lowest BCUT2D eigenvalue weighted by Crippen LogP contribution is -2.28. The standard InChI is InChI=1S/C13H17FN2O3/c1-8(13(18)19)6-16(2)7-10-4-3-9(12(15)17)5-11(10)14/h3-5,8H,6-7H2,1-2H3,(H2,15,17)(H,18,19). The summed E-state index contributed by atoms with van der Waals surface area (Å²) >= 11 is 0. The second-order valence-electron chi connectivity index (χ2n) is 4.61. The van der Waals surface area contributed by atoms with Crippen LogP contribution < -0.4 is 5.73 Å². The molecule has 6 heteroatoms. The molecular formula is C13H17FN2O3. The summed E-state index contributed by atoms with van der Waals surface area (Å²) in [4.78, 5) is 23.3. The zero-order valence-corrected chi connectivity index (χ0v) is 10.9. The van der Waals surface area contributed by atoms with E-state index in [2.05, 4.69) is 0 Å². The van der Waals surface area contributed by atoms with Gasteiger partial charge in [0, 0.05) is 24.2 Å². The Morgan fingerprint density at radius 1 is 1.47 bits per heavy atom. The molecule has 0 aromatic heterocycles. The topological polar surface area (TPSA) is 83.6 Å². The summed E-state index contributed by atoms with van der Waals surface area (Å²) in [5.74, 6) is -2.63. The van der Waals surface area contributed by atoms with Crippen molar-refractivity contribution in [3.63, 3.8) is 0 Å². The Balaban J connectivity index is 2.72. The van der Waals surface area contributed by atoms with Gasteiger partial charge < -0.3 is 15.7 Å². The van der Waals surface area contributed by atoms with Crippen molar-refractivity contribution in [2.24, 2.45) is 11.7 Å². The van der Waals surface area contributed by atoms with E-state index in [9.17, 15) is 14.0 Å². The molecule has 0 saturated carbocycles. The number of halogens is 1. The van der Waals surface area contributed by atoms with E-state index in [1.54, 1.807) is 18.9 Å². The number of carbonyl (C=O) groups is 2. The number of amides is 1. The van der Waals surface area contributed by atoms with Crippen molar-refractivity contribution in [1.82, 2.24) is 4.90 Å². The highest BCUT2D eigenvalue weighted by Gasteiger charge is 2.15. The summed E-state index contributed by atoms with van der Waals surface area (Å²) in [6.45, 7) is 2.17. The highest BCUT2D eigenvalue weighted by Crippen LogP contribution is 2.13. The Morgan fingerprint density at radius 3 is 2.58 bits per heavy atom. The maximum absolute atomic E-state index is 13.7. The number of primary amides is 1. The number of carboxylic acids is 1. The second kappa shape index (κ2) is 6.29. The first-order valence-electron chi connectivity index (χ1n) is 5.81. The average Bonchev–Trinajstić information content (AvgIpc) is 2.31. The summed E-state index contributed by atoms with van der Waals surface area (Å²) in [5.41, 5.74) is 5.56. The maximum Gasteiger partial charge on any atom is 0.307 e. The van der Waals surface area contributed by atoms with Crippen LogP contribution in [0.1, 0.15) is 22.8 Å². The molecule has 1 aromatic carbocycles. The number of carboxylic acid groups (broad SMARTS) is 1. The van der Waals surface area contributed by atoms with Gasteiger partial charge in [0.05, 0.1) is 5.92 Å². The predicted molar refractivity (Wildman–Crippen MR) is 68.1 cm³/mol. The molecule has 0 saturated heterocycles.